The molecule has 18 heavy (non-hydrogen) atoms. The summed E-state index contributed by atoms with van der Waals surface area (Å²) in [7, 11) is 0. The highest BCUT2D eigenvalue weighted by atomic mass is 16.5. The zero-order chi connectivity index (χ0) is 13.1. The summed E-state index contributed by atoms with van der Waals surface area (Å²) in [5.41, 5.74) is -0.426. The number of nitrogens with one attached hydrogen (secondary N) is 1. The molecule has 98 valence electrons. The van der Waals surface area contributed by atoms with Gasteiger partial charge in [0.2, 0.25) is 0 Å². The normalized spacial score (nSPS) is 15.1. The minimum atomic E-state index is -0.426. The lowest BCUT2D eigenvalue weighted by atomic mass is 10.2. The summed E-state index contributed by atoms with van der Waals surface area (Å²) in [6, 6.07) is 2.89. The van der Waals surface area contributed by atoms with Crippen LogP contribution in [0.5, 0.6) is 5.75 Å². The third-order valence-electron chi connectivity index (χ3n) is 2.63. The van der Waals surface area contributed by atoms with Crippen molar-refractivity contribution in [1.82, 2.24) is 10.2 Å². The molecule has 0 saturated carbocycles. The molecule has 0 spiro atoms. The van der Waals surface area contributed by atoms with E-state index >= 15 is 0 Å². The van der Waals surface area contributed by atoms with Crippen molar-refractivity contribution in [2.75, 3.05) is 19.6 Å². The fourth-order valence-electron chi connectivity index (χ4n) is 1.78. The Morgan fingerprint density at radius 1 is 1.56 bits per heavy atom. The first-order chi connectivity index (χ1) is 8.58. The molecule has 1 aromatic rings. The fourth-order valence-corrected chi connectivity index (χ4v) is 1.78. The average molecular weight is 252 g/mol. The van der Waals surface area contributed by atoms with Gasteiger partial charge in [0.05, 0.1) is 19.2 Å². The molecule has 1 fully saturated rings. The van der Waals surface area contributed by atoms with E-state index in [-0.39, 0.29) is 12.1 Å². The molecule has 1 aliphatic heterocycles. The Labute approximate surface area is 105 Å². The largest absolute Gasteiger partial charge is 0.486 e. The average Bonchev–Trinajstić information content (AvgIpc) is 2.21. The maximum absolute atomic E-state index is 11.4. The van der Waals surface area contributed by atoms with Crippen LogP contribution in [0.25, 0.3) is 0 Å². The topological polar surface area (TPSA) is 71.8 Å². The van der Waals surface area contributed by atoms with Crippen molar-refractivity contribution in [1.29, 1.82) is 0 Å². The number of amides is 2. The van der Waals surface area contributed by atoms with Crippen LogP contribution in [0.3, 0.4) is 0 Å². The van der Waals surface area contributed by atoms with E-state index in [1.165, 1.54) is 6.07 Å². The number of nitrogens with zero attached hydrogens (tertiary/aromatic N) is 1. The van der Waals surface area contributed by atoms with Crippen LogP contribution in [0.1, 0.15) is 12.7 Å². The molecular weight excluding hydrogens is 236 g/mol. The van der Waals surface area contributed by atoms with Gasteiger partial charge in [0.15, 0.2) is 0 Å². The highest BCUT2D eigenvalue weighted by molar-refractivity contribution is 5.75. The maximum Gasteiger partial charge on any atom is 0.339 e. The van der Waals surface area contributed by atoms with Gasteiger partial charge in [0.25, 0.3) is 0 Å². The lowest BCUT2D eigenvalue weighted by Gasteiger charge is -2.38. The Kier molecular flexibility index (Phi) is 3.55. The molecule has 0 aliphatic carbocycles. The van der Waals surface area contributed by atoms with Gasteiger partial charge in [-0.25, -0.2) is 9.59 Å². The SMILES string of the molecule is CCNC(=O)N1CC(Oc2cc(C)oc(=O)c2)C1. The highest BCUT2D eigenvalue weighted by Gasteiger charge is 2.32. The van der Waals surface area contributed by atoms with E-state index in [9.17, 15) is 9.59 Å². The van der Waals surface area contributed by atoms with Crippen molar-refractivity contribution in [3.8, 4) is 5.75 Å². The fraction of sp³-hybridized carbons (Fsp3) is 0.500. The zero-order valence-corrected chi connectivity index (χ0v) is 10.4. The number of likely N-dealkylation sites (tertiary alicyclic amines) is 1. The molecular formula is C12H16N2O4. The molecule has 2 heterocycles. The summed E-state index contributed by atoms with van der Waals surface area (Å²) < 4.78 is 10.4. The van der Waals surface area contributed by atoms with Crippen LogP contribution in [-0.4, -0.2) is 36.7 Å². The highest BCUT2D eigenvalue weighted by Crippen LogP contribution is 2.17. The van der Waals surface area contributed by atoms with Gasteiger partial charge in [-0.15, -0.1) is 0 Å². The predicted octanol–water partition coefficient (Wildman–Crippen LogP) is 0.741. The van der Waals surface area contributed by atoms with Crippen molar-refractivity contribution in [3.05, 3.63) is 28.3 Å². The van der Waals surface area contributed by atoms with E-state index in [4.69, 9.17) is 9.15 Å². The number of aryl methyl sites for hydroxylation is 1. The minimum absolute atomic E-state index is 0.0613. The molecule has 0 aromatic carbocycles. The van der Waals surface area contributed by atoms with Crippen molar-refractivity contribution >= 4 is 6.03 Å². The van der Waals surface area contributed by atoms with Gasteiger partial charge in [-0.1, -0.05) is 0 Å². The predicted molar refractivity (Wildman–Crippen MR) is 64.8 cm³/mol. The lowest BCUT2D eigenvalue weighted by molar-refractivity contribution is 0.0441. The van der Waals surface area contributed by atoms with Gasteiger partial charge in [-0.2, -0.15) is 0 Å². The Morgan fingerprint density at radius 3 is 2.89 bits per heavy atom. The summed E-state index contributed by atoms with van der Waals surface area (Å²) >= 11 is 0. The number of rotatable bonds is 3. The van der Waals surface area contributed by atoms with Gasteiger partial charge in [-0.3, -0.25) is 0 Å². The Hall–Kier alpha value is -1.98. The second-order valence-corrected chi connectivity index (χ2v) is 4.20. The third kappa shape index (κ3) is 2.82. The molecule has 1 aromatic heterocycles. The summed E-state index contributed by atoms with van der Waals surface area (Å²) in [5, 5.41) is 2.72. The molecule has 2 amide bonds. The molecule has 0 radical (unpaired) electrons. The molecule has 1 N–H and O–H groups in total. The van der Waals surface area contributed by atoms with E-state index in [2.05, 4.69) is 5.32 Å². The number of carbonyl (C=O) groups is 1. The first-order valence-corrected chi connectivity index (χ1v) is 5.89. The van der Waals surface area contributed by atoms with Gasteiger partial charge in [0, 0.05) is 12.6 Å². The Balaban J connectivity index is 1.86. The van der Waals surface area contributed by atoms with E-state index < -0.39 is 5.63 Å². The second kappa shape index (κ2) is 5.12. The standard InChI is InChI=1S/C12H16N2O4/c1-3-13-12(16)14-6-10(7-14)18-9-4-8(2)17-11(15)5-9/h4-5,10H,3,6-7H2,1-2H3,(H,13,16). The summed E-state index contributed by atoms with van der Waals surface area (Å²) in [5.74, 6) is 1.00. The van der Waals surface area contributed by atoms with Gasteiger partial charge in [-0.05, 0) is 13.8 Å². The number of carbonyl (C=O) groups excluding carboxylic acids is 1. The van der Waals surface area contributed by atoms with Crippen LogP contribution >= 0.6 is 0 Å². The number of ether oxygens (including phenoxy) is 1. The van der Waals surface area contributed by atoms with Gasteiger partial charge >= 0.3 is 11.7 Å². The second-order valence-electron chi connectivity index (χ2n) is 4.20. The summed E-state index contributed by atoms with van der Waals surface area (Å²) in [6.07, 6.45) is -0.0613. The van der Waals surface area contributed by atoms with Gasteiger partial charge < -0.3 is 19.4 Å². The number of hydrogen-bond donors (Lipinski definition) is 1. The van der Waals surface area contributed by atoms with E-state index in [0.717, 1.165) is 0 Å². The molecule has 6 heteroatoms. The molecule has 1 aliphatic rings. The van der Waals surface area contributed by atoms with Crippen LogP contribution < -0.4 is 15.7 Å². The first-order valence-electron chi connectivity index (χ1n) is 5.89. The van der Waals surface area contributed by atoms with Crippen LogP contribution in [0.2, 0.25) is 0 Å². The van der Waals surface area contributed by atoms with E-state index in [1.807, 2.05) is 6.92 Å². The molecule has 2 rings (SSSR count). The molecule has 0 bridgehead atoms. The van der Waals surface area contributed by atoms with E-state index in [1.54, 1.807) is 17.9 Å². The van der Waals surface area contributed by atoms with Crippen LogP contribution in [0, 0.1) is 6.92 Å². The zero-order valence-electron chi connectivity index (χ0n) is 10.4. The molecule has 1 saturated heterocycles. The Bertz CT molecular complexity index is 491. The van der Waals surface area contributed by atoms with Crippen molar-refractivity contribution in [2.24, 2.45) is 0 Å². The van der Waals surface area contributed by atoms with E-state index in [0.29, 0.717) is 31.1 Å². The number of urea groups is 1. The Morgan fingerprint density at radius 2 is 2.28 bits per heavy atom. The molecule has 0 atom stereocenters. The monoisotopic (exact) mass is 252 g/mol. The summed E-state index contributed by atoms with van der Waals surface area (Å²) in [6.45, 7) is 5.24. The third-order valence-corrected chi connectivity index (χ3v) is 2.63. The smallest absolute Gasteiger partial charge is 0.339 e. The van der Waals surface area contributed by atoms with Crippen molar-refractivity contribution in [3.63, 3.8) is 0 Å². The lowest BCUT2D eigenvalue weighted by Crippen LogP contribution is -2.58. The summed E-state index contributed by atoms with van der Waals surface area (Å²) in [4.78, 5) is 24.2. The molecule has 0 unspecified atom stereocenters. The first kappa shape index (κ1) is 12.5. The number of hydrogen-bond acceptors (Lipinski definition) is 4. The van der Waals surface area contributed by atoms with Gasteiger partial charge in [0.1, 0.15) is 17.6 Å². The minimum Gasteiger partial charge on any atom is -0.486 e. The van der Waals surface area contributed by atoms with Crippen LogP contribution in [-0.2, 0) is 0 Å². The van der Waals surface area contributed by atoms with Crippen LogP contribution in [0.4, 0.5) is 4.79 Å². The maximum atomic E-state index is 11.4. The quantitative estimate of drug-likeness (QED) is 0.861. The molecule has 6 nitrogen and oxygen atoms in total. The van der Waals surface area contributed by atoms with Crippen molar-refractivity contribution < 1.29 is 13.9 Å². The van der Waals surface area contributed by atoms with Crippen molar-refractivity contribution in [2.45, 2.75) is 20.0 Å². The van der Waals surface area contributed by atoms with Crippen LogP contribution in [0.15, 0.2) is 21.3 Å².